The second kappa shape index (κ2) is 53.6. The Hall–Kier alpha value is -2.71. The summed E-state index contributed by atoms with van der Waals surface area (Å²) in [5, 5.41) is 11.7. The zero-order chi connectivity index (χ0) is 52.0. The summed E-state index contributed by atoms with van der Waals surface area (Å²) in [5.74, 6) is -1.72. The number of hydrogen-bond donors (Lipinski definition) is 0. The first kappa shape index (κ1) is 68.3. The van der Waals surface area contributed by atoms with Gasteiger partial charge in [0.05, 0.1) is 40.3 Å². The van der Waals surface area contributed by atoms with Crippen LogP contribution in [0.5, 0.6) is 0 Å². The van der Waals surface area contributed by atoms with Crippen LogP contribution in [0.1, 0.15) is 284 Å². The number of quaternary nitrogens is 1. The molecule has 0 saturated heterocycles. The molecular formula is C63H115NO7. The number of unbranched alkanes of at least 4 members (excludes halogenated alkanes) is 33. The van der Waals surface area contributed by atoms with Crippen LogP contribution < -0.4 is 5.11 Å². The molecule has 0 fully saturated rings. The van der Waals surface area contributed by atoms with Crippen molar-refractivity contribution in [2.45, 2.75) is 296 Å². The number of ether oxygens (including phenoxy) is 3. The number of carbonyl (C=O) groups excluding carboxylic acids is 3. The van der Waals surface area contributed by atoms with Gasteiger partial charge in [-0.15, -0.1) is 0 Å². The Morgan fingerprint density at radius 2 is 0.789 bits per heavy atom. The third kappa shape index (κ3) is 52.0. The van der Waals surface area contributed by atoms with Gasteiger partial charge in [0.25, 0.3) is 0 Å². The van der Waals surface area contributed by atoms with Crippen molar-refractivity contribution < 1.29 is 38.2 Å². The molecule has 2 atom stereocenters. The fraction of sp³-hybridized carbons (Fsp3) is 0.825. The van der Waals surface area contributed by atoms with Gasteiger partial charge in [0.2, 0.25) is 0 Å². The lowest BCUT2D eigenvalue weighted by Gasteiger charge is -2.34. The molecule has 8 nitrogen and oxygen atoms in total. The highest BCUT2D eigenvalue weighted by Crippen LogP contribution is 2.17. The van der Waals surface area contributed by atoms with Crippen molar-refractivity contribution in [3.8, 4) is 0 Å². The van der Waals surface area contributed by atoms with Gasteiger partial charge in [0.15, 0.2) is 6.10 Å². The Labute approximate surface area is 439 Å². The Kier molecular flexibility index (Phi) is 51.5. The highest BCUT2D eigenvalue weighted by molar-refractivity contribution is 5.70. The van der Waals surface area contributed by atoms with E-state index in [4.69, 9.17) is 14.2 Å². The molecule has 0 saturated carbocycles. The van der Waals surface area contributed by atoms with Gasteiger partial charge in [-0.1, -0.05) is 262 Å². The van der Waals surface area contributed by atoms with E-state index in [-0.39, 0.29) is 42.7 Å². The molecule has 0 aromatic rings. The van der Waals surface area contributed by atoms with E-state index in [0.29, 0.717) is 12.8 Å². The Bertz CT molecular complexity index is 1300. The topological polar surface area (TPSA) is 102 Å². The Morgan fingerprint density at radius 3 is 1.17 bits per heavy atom. The standard InChI is InChI=1S/C63H115NO7/c1-6-8-10-12-14-16-18-20-22-24-26-28-30-32-33-35-37-39-41-43-45-47-49-51-53-61(65)70-58-59(57-69-56-55-60(63(67)68)64(3,4)5)71-62(66)54-52-50-48-46-44-42-40-38-36-34-31-29-27-25-23-21-19-17-15-13-11-9-7-2/h9,11,15,17,21,23,27,29,59-60H,6-8,10,12-14,16,18-20,22,24-26,28,30-58H2,1-5H3/b11-9-,17-15-,23-21-,29-27-. The molecule has 414 valence electrons. The van der Waals surface area contributed by atoms with Gasteiger partial charge < -0.3 is 28.6 Å². The van der Waals surface area contributed by atoms with Crippen LogP contribution in [-0.2, 0) is 28.6 Å². The van der Waals surface area contributed by atoms with Crippen molar-refractivity contribution in [3.05, 3.63) is 48.6 Å². The average Bonchev–Trinajstić information content (AvgIpc) is 3.34. The monoisotopic (exact) mass is 998 g/mol. The summed E-state index contributed by atoms with van der Waals surface area (Å²) >= 11 is 0. The third-order valence-corrected chi connectivity index (χ3v) is 13.7. The number of carbonyl (C=O) groups is 3. The van der Waals surface area contributed by atoms with E-state index in [2.05, 4.69) is 62.5 Å². The lowest BCUT2D eigenvalue weighted by atomic mass is 10.0. The first-order valence-electron chi connectivity index (χ1n) is 30.2. The maximum absolute atomic E-state index is 12.8. The number of nitrogens with zero attached hydrogens (tertiary/aromatic N) is 1. The summed E-state index contributed by atoms with van der Waals surface area (Å²) in [5.41, 5.74) is 0. The fourth-order valence-electron chi connectivity index (χ4n) is 9.13. The highest BCUT2D eigenvalue weighted by Gasteiger charge is 2.25. The third-order valence-electron chi connectivity index (χ3n) is 13.7. The summed E-state index contributed by atoms with van der Waals surface area (Å²) < 4.78 is 17.3. The first-order valence-corrected chi connectivity index (χ1v) is 30.2. The number of carboxylic acids is 1. The second-order valence-electron chi connectivity index (χ2n) is 21.6. The molecule has 0 N–H and O–H groups in total. The van der Waals surface area contributed by atoms with Gasteiger partial charge in [-0.3, -0.25) is 9.59 Å². The van der Waals surface area contributed by atoms with Gasteiger partial charge in [0.1, 0.15) is 12.6 Å². The van der Waals surface area contributed by atoms with Crippen molar-refractivity contribution in [3.63, 3.8) is 0 Å². The number of carboxylic acid groups (broad SMARTS) is 1. The van der Waals surface area contributed by atoms with Crippen LogP contribution in [0.2, 0.25) is 0 Å². The predicted octanol–water partition coefficient (Wildman–Crippen LogP) is 16.9. The van der Waals surface area contributed by atoms with Crippen molar-refractivity contribution in [1.29, 1.82) is 0 Å². The lowest BCUT2D eigenvalue weighted by molar-refractivity contribution is -0.889. The predicted molar refractivity (Wildman–Crippen MR) is 300 cm³/mol. The summed E-state index contributed by atoms with van der Waals surface area (Å²) in [6, 6.07) is -0.727. The molecule has 0 spiro atoms. The van der Waals surface area contributed by atoms with Crippen molar-refractivity contribution >= 4 is 17.9 Å². The molecule has 2 unspecified atom stereocenters. The maximum atomic E-state index is 12.8. The van der Waals surface area contributed by atoms with Crippen LogP contribution in [0, 0.1) is 0 Å². The van der Waals surface area contributed by atoms with Crippen molar-refractivity contribution in [1.82, 2.24) is 0 Å². The first-order chi connectivity index (χ1) is 34.6. The smallest absolute Gasteiger partial charge is 0.306 e. The minimum absolute atomic E-state index is 0.0415. The van der Waals surface area contributed by atoms with Crippen LogP contribution >= 0.6 is 0 Å². The van der Waals surface area contributed by atoms with Gasteiger partial charge in [-0.2, -0.15) is 0 Å². The van der Waals surface area contributed by atoms with E-state index >= 15 is 0 Å². The summed E-state index contributed by atoms with van der Waals surface area (Å²) in [6.07, 6.45) is 67.3. The highest BCUT2D eigenvalue weighted by atomic mass is 16.6. The summed E-state index contributed by atoms with van der Waals surface area (Å²) in [7, 11) is 5.43. The van der Waals surface area contributed by atoms with E-state index in [1.165, 1.54) is 186 Å². The van der Waals surface area contributed by atoms with Crippen molar-refractivity contribution in [2.75, 3.05) is 41.0 Å². The van der Waals surface area contributed by atoms with Crippen LogP contribution in [0.25, 0.3) is 0 Å². The van der Waals surface area contributed by atoms with Crippen LogP contribution in [-0.4, -0.2) is 75.5 Å². The molecule has 0 amide bonds. The molecule has 8 heteroatoms. The zero-order valence-corrected chi connectivity index (χ0v) is 47.4. The number of esters is 2. The molecule has 0 heterocycles. The number of rotatable bonds is 55. The van der Waals surface area contributed by atoms with Gasteiger partial charge >= 0.3 is 11.9 Å². The van der Waals surface area contributed by atoms with Crippen LogP contribution in [0.4, 0.5) is 0 Å². The van der Waals surface area contributed by atoms with Gasteiger partial charge in [-0.25, -0.2) is 0 Å². The van der Waals surface area contributed by atoms with Crippen LogP contribution in [0.3, 0.4) is 0 Å². The average molecular weight is 999 g/mol. The van der Waals surface area contributed by atoms with Gasteiger partial charge in [-0.05, 0) is 51.4 Å². The van der Waals surface area contributed by atoms with Crippen LogP contribution in [0.15, 0.2) is 48.6 Å². The zero-order valence-electron chi connectivity index (χ0n) is 47.4. The van der Waals surface area contributed by atoms with E-state index in [0.717, 1.165) is 64.2 Å². The quantitative estimate of drug-likeness (QED) is 0.0259. The number of aliphatic carboxylic acids is 1. The van der Waals surface area contributed by atoms with E-state index in [9.17, 15) is 19.5 Å². The number of hydrogen-bond acceptors (Lipinski definition) is 7. The Balaban J connectivity index is 4.11. The Morgan fingerprint density at radius 1 is 0.437 bits per heavy atom. The normalized spacial score (nSPS) is 13.1. The molecule has 0 rings (SSSR count). The van der Waals surface area contributed by atoms with Gasteiger partial charge in [0, 0.05) is 19.3 Å². The molecule has 0 aliphatic carbocycles. The lowest BCUT2D eigenvalue weighted by Crippen LogP contribution is -2.55. The molecule has 0 radical (unpaired) electrons. The molecule has 0 aromatic heterocycles. The largest absolute Gasteiger partial charge is 0.544 e. The minimum atomic E-state index is -1.12. The molecule has 71 heavy (non-hydrogen) atoms. The van der Waals surface area contributed by atoms with E-state index in [1.54, 1.807) is 0 Å². The summed E-state index contributed by atoms with van der Waals surface area (Å²) in [6.45, 7) is 4.60. The second-order valence-corrected chi connectivity index (χ2v) is 21.6. The maximum Gasteiger partial charge on any atom is 0.306 e. The van der Waals surface area contributed by atoms with E-state index < -0.39 is 18.1 Å². The molecule has 0 aromatic carbocycles. The number of likely N-dealkylation sites (N-methyl/N-ethyl adjacent to an activating group) is 1. The van der Waals surface area contributed by atoms with Crippen molar-refractivity contribution in [2.24, 2.45) is 0 Å². The summed E-state index contributed by atoms with van der Waals surface area (Å²) in [4.78, 5) is 37.2. The molecule has 0 aliphatic rings. The minimum Gasteiger partial charge on any atom is -0.544 e. The SMILES string of the molecule is CC/C=C\C/C=C\C/C=C\C/C=C\CCCCCCCCCCCCC(=O)OC(COCCC(C(=O)[O-])[N+](C)(C)C)COC(=O)CCCCCCCCCCCCCCCCCCCCCCCCCC. The molecule has 0 aliphatic heterocycles. The van der Waals surface area contributed by atoms with E-state index in [1.807, 2.05) is 21.1 Å². The molecular weight excluding hydrogens is 883 g/mol. The fourth-order valence-corrected chi connectivity index (χ4v) is 9.13. The molecule has 0 bridgehead atoms. The number of allylic oxidation sites excluding steroid dienone is 8.